The predicted molar refractivity (Wildman–Crippen MR) is 90.4 cm³/mol. The smallest absolute Gasteiger partial charge is 0.230 e. The molecular weight excluding hydrogens is 310 g/mol. The first kappa shape index (κ1) is 15.4. The topological polar surface area (TPSA) is 72.7 Å². The second kappa shape index (κ2) is 6.29. The van der Waals surface area contributed by atoms with Gasteiger partial charge < -0.3 is 5.32 Å². The Bertz CT molecular complexity index is 838. The number of thiazole rings is 1. The molecule has 0 aliphatic carbocycles. The van der Waals surface area contributed by atoms with E-state index in [4.69, 9.17) is 0 Å². The van der Waals surface area contributed by atoms with Crippen molar-refractivity contribution < 1.29 is 4.79 Å². The fraction of sp³-hybridized carbons (Fsp3) is 0.250. The van der Waals surface area contributed by atoms with Crippen molar-refractivity contribution in [1.29, 1.82) is 0 Å². The Morgan fingerprint density at radius 2 is 2.13 bits per heavy atom. The molecule has 0 saturated carbocycles. The standard InChI is InChI=1S/C16H17N5OS/c1-10-12(11(2)21(3)20-10)8-15(22)19-16-18-14(9-23-16)13-6-4-5-7-17-13/h4-7,9H,8H2,1-3H3,(H,18,19,22). The molecule has 0 aliphatic heterocycles. The van der Waals surface area contributed by atoms with E-state index in [1.54, 1.807) is 10.9 Å². The molecule has 0 radical (unpaired) electrons. The van der Waals surface area contributed by atoms with Crippen LogP contribution in [0, 0.1) is 13.8 Å². The average Bonchev–Trinajstić information content (AvgIpc) is 3.09. The van der Waals surface area contributed by atoms with Crippen LogP contribution >= 0.6 is 11.3 Å². The third kappa shape index (κ3) is 3.29. The van der Waals surface area contributed by atoms with Crippen molar-refractivity contribution in [2.45, 2.75) is 20.3 Å². The van der Waals surface area contributed by atoms with Crippen LogP contribution in [0.1, 0.15) is 17.0 Å². The van der Waals surface area contributed by atoms with Gasteiger partial charge in [0.1, 0.15) is 5.69 Å². The summed E-state index contributed by atoms with van der Waals surface area (Å²) in [5.74, 6) is -0.0916. The van der Waals surface area contributed by atoms with Crippen LogP contribution in [0.4, 0.5) is 5.13 Å². The second-order valence-corrected chi connectivity index (χ2v) is 6.11. The number of aromatic nitrogens is 4. The first-order valence-electron chi connectivity index (χ1n) is 7.20. The van der Waals surface area contributed by atoms with E-state index in [2.05, 4.69) is 20.4 Å². The quantitative estimate of drug-likeness (QED) is 0.800. The molecule has 3 aromatic heterocycles. The average molecular weight is 327 g/mol. The van der Waals surface area contributed by atoms with Crippen molar-refractivity contribution in [1.82, 2.24) is 19.7 Å². The summed E-state index contributed by atoms with van der Waals surface area (Å²) in [4.78, 5) is 20.9. The molecule has 0 spiro atoms. The Morgan fingerprint density at radius 1 is 1.30 bits per heavy atom. The fourth-order valence-corrected chi connectivity index (χ4v) is 3.08. The highest BCUT2D eigenvalue weighted by atomic mass is 32.1. The number of rotatable bonds is 4. The van der Waals surface area contributed by atoms with Gasteiger partial charge in [-0.05, 0) is 26.0 Å². The van der Waals surface area contributed by atoms with E-state index in [1.807, 2.05) is 44.5 Å². The van der Waals surface area contributed by atoms with Crippen molar-refractivity contribution in [2.75, 3.05) is 5.32 Å². The minimum absolute atomic E-state index is 0.0916. The lowest BCUT2D eigenvalue weighted by molar-refractivity contribution is -0.115. The Balaban J connectivity index is 1.70. The molecule has 1 amide bonds. The van der Waals surface area contributed by atoms with E-state index in [1.165, 1.54) is 11.3 Å². The molecule has 0 aromatic carbocycles. The lowest BCUT2D eigenvalue weighted by Crippen LogP contribution is -2.15. The number of pyridine rings is 1. The van der Waals surface area contributed by atoms with E-state index >= 15 is 0 Å². The van der Waals surface area contributed by atoms with Crippen molar-refractivity contribution in [3.63, 3.8) is 0 Å². The largest absolute Gasteiger partial charge is 0.302 e. The van der Waals surface area contributed by atoms with Gasteiger partial charge in [-0.25, -0.2) is 4.98 Å². The van der Waals surface area contributed by atoms with Crippen LogP contribution in [0.3, 0.4) is 0 Å². The van der Waals surface area contributed by atoms with Gasteiger partial charge in [-0.15, -0.1) is 11.3 Å². The highest BCUT2D eigenvalue weighted by Gasteiger charge is 2.15. The maximum Gasteiger partial charge on any atom is 0.230 e. The Hall–Kier alpha value is -2.54. The van der Waals surface area contributed by atoms with Gasteiger partial charge in [0.05, 0.1) is 17.8 Å². The number of hydrogen-bond acceptors (Lipinski definition) is 5. The molecule has 1 N–H and O–H groups in total. The Morgan fingerprint density at radius 3 is 2.78 bits per heavy atom. The lowest BCUT2D eigenvalue weighted by atomic mass is 10.1. The maximum absolute atomic E-state index is 12.2. The van der Waals surface area contributed by atoms with Gasteiger partial charge in [-0.3, -0.25) is 14.5 Å². The number of nitrogens with zero attached hydrogens (tertiary/aromatic N) is 4. The Kier molecular flexibility index (Phi) is 4.20. The van der Waals surface area contributed by atoms with Gasteiger partial charge in [-0.2, -0.15) is 5.10 Å². The zero-order chi connectivity index (χ0) is 16.4. The third-order valence-electron chi connectivity index (χ3n) is 3.67. The summed E-state index contributed by atoms with van der Waals surface area (Å²) in [5.41, 5.74) is 4.41. The zero-order valence-electron chi connectivity index (χ0n) is 13.2. The normalized spacial score (nSPS) is 10.7. The summed E-state index contributed by atoms with van der Waals surface area (Å²) in [5, 5.41) is 9.64. The van der Waals surface area contributed by atoms with E-state index in [0.29, 0.717) is 11.6 Å². The molecule has 0 saturated heterocycles. The van der Waals surface area contributed by atoms with Crippen LogP contribution in [-0.4, -0.2) is 25.7 Å². The maximum atomic E-state index is 12.2. The fourth-order valence-electron chi connectivity index (χ4n) is 2.36. The monoisotopic (exact) mass is 327 g/mol. The highest BCUT2D eigenvalue weighted by Crippen LogP contribution is 2.23. The first-order valence-corrected chi connectivity index (χ1v) is 8.08. The molecule has 0 atom stereocenters. The molecule has 7 heteroatoms. The minimum atomic E-state index is -0.0916. The zero-order valence-corrected chi connectivity index (χ0v) is 14.0. The molecule has 0 aliphatic rings. The van der Waals surface area contributed by atoms with Crippen molar-refractivity contribution in [3.05, 3.63) is 46.7 Å². The van der Waals surface area contributed by atoms with Gasteiger partial charge in [-0.1, -0.05) is 6.07 Å². The third-order valence-corrected chi connectivity index (χ3v) is 4.43. The first-order chi connectivity index (χ1) is 11.0. The van der Waals surface area contributed by atoms with E-state index in [9.17, 15) is 4.79 Å². The summed E-state index contributed by atoms with van der Waals surface area (Å²) in [6, 6.07) is 5.66. The Labute approximate surface area is 138 Å². The van der Waals surface area contributed by atoms with E-state index in [-0.39, 0.29) is 5.91 Å². The SMILES string of the molecule is Cc1nn(C)c(C)c1CC(=O)Nc1nc(-c2ccccn2)cs1. The van der Waals surface area contributed by atoms with Gasteiger partial charge in [0.25, 0.3) is 0 Å². The number of nitrogens with one attached hydrogen (secondary N) is 1. The minimum Gasteiger partial charge on any atom is -0.302 e. The number of hydrogen-bond donors (Lipinski definition) is 1. The molecule has 0 unspecified atom stereocenters. The van der Waals surface area contributed by atoms with Gasteiger partial charge in [0.2, 0.25) is 5.91 Å². The number of anilines is 1. The summed E-state index contributed by atoms with van der Waals surface area (Å²) in [7, 11) is 1.88. The number of carbonyl (C=O) groups excluding carboxylic acids is 1. The molecule has 6 nitrogen and oxygen atoms in total. The van der Waals surface area contributed by atoms with Crippen LogP contribution in [-0.2, 0) is 18.3 Å². The molecular formula is C16H17N5OS. The summed E-state index contributed by atoms with van der Waals surface area (Å²) >= 11 is 1.39. The lowest BCUT2D eigenvalue weighted by Gasteiger charge is -2.02. The molecule has 3 heterocycles. The molecule has 3 aromatic rings. The van der Waals surface area contributed by atoms with Crippen LogP contribution in [0.2, 0.25) is 0 Å². The molecule has 0 bridgehead atoms. The highest BCUT2D eigenvalue weighted by molar-refractivity contribution is 7.14. The van der Waals surface area contributed by atoms with Crippen LogP contribution in [0.15, 0.2) is 29.8 Å². The van der Waals surface area contributed by atoms with Crippen LogP contribution < -0.4 is 5.32 Å². The number of carbonyl (C=O) groups is 1. The molecule has 118 valence electrons. The molecule has 23 heavy (non-hydrogen) atoms. The van der Waals surface area contributed by atoms with E-state index < -0.39 is 0 Å². The molecule has 0 fully saturated rings. The van der Waals surface area contributed by atoms with Gasteiger partial charge in [0, 0.05) is 29.9 Å². The predicted octanol–water partition coefficient (Wildman–Crippen LogP) is 2.74. The van der Waals surface area contributed by atoms with E-state index in [0.717, 1.165) is 28.3 Å². The summed E-state index contributed by atoms with van der Waals surface area (Å²) < 4.78 is 1.79. The van der Waals surface area contributed by atoms with Crippen LogP contribution in [0.5, 0.6) is 0 Å². The van der Waals surface area contributed by atoms with Gasteiger partial charge in [0.15, 0.2) is 5.13 Å². The van der Waals surface area contributed by atoms with Crippen molar-refractivity contribution in [3.8, 4) is 11.4 Å². The molecule has 3 rings (SSSR count). The summed E-state index contributed by atoms with van der Waals surface area (Å²) in [6.07, 6.45) is 2.02. The number of amides is 1. The van der Waals surface area contributed by atoms with Gasteiger partial charge >= 0.3 is 0 Å². The van der Waals surface area contributed by atoms with Crippen molar-refractivity contribution in [2.24, 2.45) is 7.05 Å². The number of aryl methyl sites for hydroxylation is 2. The second-order valence-electron chi connectivity index (χ2n) is 5.25. The van der Waals surface area contributed by atoms with Crippen molar-refractivity contribution >= 4 is 22.4 Å². The van der Waals surface area contributed by atoms with Crippen LogP contribution in [0.25, 0.3) is 11.4 Å². The summed E-state index contributed by atoms with van der Waals surface area (Å²) in [6.45, 7) is 3.88.